The monoisotopic (exact) mass is 558 g/mol. The van der Waals surface area contributed by atoms with E-state index in [2.05, 4.69) is 24.5 Å². The maximum atomic E-state index is 13.9. The number of carbonyl (C=O) groups is 3. The first kappa shape index (κ1) is 30.3. The molecular weight excluding hydrogens is 511 g/mol. The molecule has 2 saturated heterocycles. The van der Waals surface area contributed by atoms with Gasteiger partial charge in [0, 0.05) is 45.2 Å². The zero-order chi connectivity index (χ0) is 28.7. The van der Waals surface area contributed by atoms with Gasteiger partial charge in [0.1, 0.15) is 11.9 Å². The summed E-state index contributed by atoms with van der Waals surface area (Å²) in [5.41, 5.74) is 0.232. The predicted molar refractivity (Wildman–Crippen MR) is 152 cm³/mol. The lowest BCUT2D eigenvalue weighted by atomic mass is 9.63. The molecule has 8 nitrogen and oxygen atoms in total. The fourth-order valence-corrected chi connectivity index (χ4v) is 6.76. The highest BCUT2D eigenvalue weighted by atomic mass is 19.1. The molecule has 3 amide bonds. The number of likely N-dealkylation sites (tertiary alicyclic amines) is 1. The zero-order valence-electron chi connectivity index (χ0n) is 24.4. The normalized spacial score (nSPS) is 22.6. The lowest BCUT2D eigenvalue weighted by Gasteiger charge is -2.46. The number of carbonyl (C=O) groups excluding carboxylic acids is 3. The molecule has 1 aromatic carbocycles. The van der Waals surface area contributed by atoms with Gasteiger partial charge >= 0.3 is 12.0 Å². The molecule has 1 aliphatic carbocycles. The summed E-state index contributed by atoms with van der Waals surface area (Å²) in [6, 6.07) is 5.23. The van der Waals surface area contributed by atoms with Crippen LogP contribution in [0.15, 0.2) is 24.3 Å². The molecule has 1 aromatic rings. The van der Waals surface area contributed by atoms with Crippen LogP contribution in [0.5, 0.6) is 0 Å². The molecule has 2 atom stereocenters. The van der Waals surface area contributed by atoms with Crippen LogP contribution < -0.4 is 10.6 Å². The Bertz CT molecular complexity index is 1000. The number of hydrogen-bond acceptors (Lipinski definition) is 5. The van der Waals surface area contributed by atoms with E-state index in [1.165, 1.54) is 18.6 Å². The van der Waals surface area contributed by atoms with Gasteiger partial charge in [0.25, 0.3) is 0 Å². The highest BCUT2D eigenvalue weighted by Crippen LogP contribution is 2.47. The summed E-state index contributed by atoms with van der Waals surface area (Å²) in [7, 11) is 0. The highest BCUT2D eigenvalue weighted by molar-refractivity contribution is 5.88. The summed E-state index contributed by atoms with van der Waals surface area (Å²) in [5, 5.41) is 6.48. The maximum Gasteiger partial charge on any atom is 0.318 e. The van der Waals surface area contributed by atoms with E-state index in [4.69, 9.17) is 4.74 Å². The maximum absolute atomic E-state index is 13.9. The Morgan fingerprint density at radius 3 is 2.35 bits per heavy atom. The fraction of sp³-hybridized carbons (Fsp3) is 0.710. The number of amides is 3. The van der Waals surface area contributed by atoms with Crippen LogP contribution in [-0.4, -0.2) is 79.1 Å². The first-order valence-electron chi connectivity index (χ1n) is 15.2. The molecule has 3 aliphatic rings. The van der Waals surface area contributed by atoms with Crippen molar-refractivity contribution < 1.29 is 23.5 Å². The van der Waals surface area contributed by atoms with Crippen molar-refractivity contribution in [1.29, 1.82) is 0 Å². The van der Waals surface area contributed by atoms with Gasteiger partial charge in [-0.1, -0.05) is 45.2 Å². The third-order valence-electron chi connectivity index (χ3n) is 9.28. The van der Waals surface area contributed by atoms with Gasteiger partial charge in [0.05, 0.1) is 12.0 Å². The molecule has 9 heteroatoms. The zero-order valence-corrected chi connectivity index (χ0v) is 24.4. The molecule has 0 aromatic heterocycles. The molecular formula is C31H47FN4O4. The van der Waals surface area contributed by atoms with Gasteiger partial charge in [0.2, 0.25) is 5.91 Å². The summed E-state index contributed by atoms with van der Waals surface area (Å²) < 4.78 is 19.2. The average Bonchev–Trinajstić information content (AvgIpc) is 2.98. The molecule has 0 unspecified atom stereocenters. The minimum atomic E-state index is -0.782. The third-order valence-corrected chi connectivity index (χ3v) is 9.28. The summed E-state index contributed by atoms with van der Waals surface area (Å²) in [4.78, 5) is 44.1. The van der Waals surface area contributed by atoms with Gasteiger partial charge in [0.15, 0.2) is 0 Å². The number of ether oxygens (including phenoxy) is 1. The Balaban J connectivity index is 1.48. The molecule has 2 heterocycles. The Labute approximate surface area is 238 Å². The number of halogens is 1. The Hall–Kier alpha value is -2.68. The number of piperazine rings is 1. The second-order valence-electron chi connectivity index (χ2n) is 12.1. The van der Waals surface area contributed by atoms with Crippen molar-refractivity contribution in [2.45, 2.75) is 84.2 Å². The van der Waals surface area contributed by atoms with Crippen molar-refractivity contribution in [3.8, 4) is 0 Å². The summed E-state index contributed by atoms with van der Waals surface area (Å²) in [6.45, 7) is 9.20. The van der Waals surface area contributed by atoms with Gasteiger partial charge in [-0.3, -0.25) is 9.59 Å². The number of nitrogens with zero attached hydrogens (tertiary/aromatic N) is 2. The second kappa shape index (κ2) is 13.8. The van der Waals surface area contributed by atoms with E-state index in [1.807, 2.05) is 6.92 Å². The standard InChI is InChI=1S/C31H47FN4O4/c1-4-40-29(38)31(24-8-6-5-7-9-24)14-17-35(18-15-31)28(37)26(20-23-10-12-25(32)13-11-23)34-30(39)36-19-16-33-27(21-36)22(2)3/h10-13,22,24,26-27,33H,4-9,14-21H2,1-3H3,(H,34,39)/t26-,27+/m1/s1. The fourth-order valence-electron chi connectivity index (χ4n) is 6.76. The van der Waals surface area contributed by atoms with Crippen molar-refractivity contribution in [1.82, 2.24) is 20.4 Å². The van der Waals surface area contributed by atoms with Gasteiger partial charge in [-0.15, -0.1) is 0 Å². The van der Waals surface area contributed by atoms with E-state index in [0.717, 1.165) is 31.2 Å². The van der Waals surface area contributed by atoms with E-state index >= 15 is 0 Å². The molecule has 40 heavy (non-hydrogen) atoms. The van der Waals surface area contributed by atoms with Crippen LogP contribution in [0.1, 0.15) is 71.3 Å². The van der Waals surface area contributed by atoms with Crippen molar-refractivity contribution >= 4 is 17.9 Å². The molecule has 4 rings (SSSR count). The van der Waals surface area contributed by atoms with Crippen LogP contribution in [0.25, 0.3) is 0 Å². The number of urea groups is 1. The van der Waals surface area contributed by atoms with E-state index in [9.17, 15) is 18.8 Å². The Morgan fingerprint density at radius 2 is 1.73 bits per heavy atom. The minimum Gasteiger partial charge on any atom is -0.466 e. The number of rotatable bonds is 8. The van der Waals surface area contributed by atoms with Crippen LogP contribution in [-0.2, 0) is 20.7 Å². The largest absolute Gasteiger partial charge is 0.466 e. The van der Waals surface area contributed by atoms with E-state index in [0.29, 0.717) is 58.1 Å². The predicted octanol–water partition coefficient (Wildman–Crippen LogP) is 4.13. The first-order chi connectivity index (χ1) is 19.2. The van der Waals surface area contributed by atoms with E-state index < -0.39 is 11.5 Å². The average molecular weight is 559 g/mol. The quantitative estimate of drug-likeness (QED) is 0.469. The molecule has 0 radical (unpaired) electrons. The Morgan fingerprint density at radius 1 is 1.05 bits per heavy atom. The van der Waals surface area contributed by atoms with Crippen LogP contribution in [0.2, 0.25) is 0 Å². The van der Waals surface area contributed by atoms with Crippen molar-refractivity contribution in [2.75, 3.05) is 39.3 Å². The Kier molecular flexibility index (Phi) is 10.4. The van der Waals surface area contributed by atoms with Crippen molar-refractivity contribution in [3.05, 3.63) is 35.6 Å². The SMILES string of the molecule is CCOC(=O)C1(C2CCCCC2)CCN(C(=O)[C@@H](Cc2ccc(F)cc2)NC(=O)N2CCN[C@H](C(C)C)C2)CC1. The number of esters is 1. The molecule has 2 aliphatic heterocycles. The lowest BCUT2D eigenvalue weighted by Crippen LogP contribution is -2.60. The molecule has 1 saturated carbocycles. The number of hydrogen-bond donors (Lipinski definition) is 2. The lowest BCUT2D eigenvalue weighted by molar-refractivity contribution is -0.166. The molecule has 222 valence electrons. The van der Waals surface area contributed by atoms with Crippen molar-refractivity contribution in [2.24, 2.45) is 17.3 Å². The van der Waals surface area contributed by atoms with Gasteiger partial charge < -0.3 is 25.2 Å². The molecule has 3 fully saturated rings. The summed E-state index contributed by atoms with van der Waals surface area (Å²) in [6.07, 6.45) is 6.94. The summed E-state index contributed by atoms with van der Waals surface area (Å²) in [5.74, 6) is 0.0430. The molecule has 2 N–H and O–H groups in total. The van der Waals surface area contributed by atoms with E-state index in [-0.39, 0.29) is 42.1 Å². The first-order valence-corrected chi connectivity index (χ1v) is 15.2. The van der Waals surface area contributed by atoms with Crippen molar-refractivity contribution in [3.63, 3.8) is 0 Å². The van der Waals surface area contributed by atoms with Crippen LogP contribution in [0, 0.1) is 23.1 Å². The third kappa shape index (κ3) is 7.14. The van der Waals surface area contributed by atoms with Gasteiger partial charge in [-0.25, -0.2) is 9.18 Å². The van der Waals surface area contributed by atoms with Crippen LogP contribution >= 0.6 is 0 Å². The number of benzene rings is 1. The van der Waals surface area contributed by atoms with Crippen LogP contribution in [0.3, 0.4) is 0 Å². The topological polar surface area (TPSA) is 91.0 Å². The minimum absolute atomic E-state index is 0.122. The number of nitrogens with one attached hydrogen (secondary N) is 2. The smallest absolute Gasteiger partial charge is 0.318 e. The number of piperidine rings is 1. The van der Waals surface area contributed by atoms with Gasteiger partial charge in [-0.2, -0.15) is 0 Å². The van der Waals surface area contributed by atoms with E-state index in [1.54, 1.807) is 21.9 Å². The molecule has 0 spiro atoms. The molecule has 0 bridgehead atoms. The summed E-state index contributed by atoms with van der Waals surface area (Å²) >= 11 is 0. The highest BCUT2D eigenvalue weighted by Gasteiger charge is 2.49. The van der Waals surface area contributed by atoms with Crippen LogP contribution in [0.4, 0.5) is 9.18 Å². The van der Waals surface area contributed by atoms with Gasteiger partial charge in [-0.05, 0) is 62.1 Å². The second-order valence-corrected chi connectivity index (χ2v) is 12.1.